The van der Waals surface area contributed by atoms with Gasteiger partial charge in [-0.2, -0.15) is 0 Å². The molecule has 0 aliphatic heterocycles. The van der Waals surface area contributed by atoms with Crippen molar-refractivity contribution in [3.8, 4) is 0 Å². The lowest BCUT2D eigenvalue weighted by Crippen LogP contribution is -2.45. The SMILES string of the molecule is CCNC(=NCC(O)COCC(C)C)NC1CCC(CC)CC1.I. The maximum absolute atomic E-state index is 9.96. The second-order valence-electron chi connectivity index (χ2n) is 7.07. The first-order chi connectivity index (χ1) is 11.0. The molecule has 6 heteroatoms. The smallest absolute Gasteiger partial charge is 0.191 e. The molecule has 0 bridgehead atoms. The van der Waals surface area contributed by atoms with Crippen LogP contribution < -0.4 is 10.6 Å². The average Bonchev–Trinajstić information content (AvgIpc) is 2.53. The Labute approximate surface area is 165 Å². The fourth-order valence-corrected chi connectivity index (χ4v) is 2.92. The lowest BCUT2D eigenvalue weighted by atomic mass is 9.84. The molecule has 0 heterocycles. The molecule has 1 aliphatic carbocycles. The highest BCUT2D eigenvalue weighted by Crippen LogP contribution is 2.26. The topological polar surface area (TPSA) is 65.9 Å². The van der Waals surface area contributed by atoms with Crippen molar-refractivity contribution < 1.29 is 9.84 Å². The normalized spacial score (nSPS) is 22.8. The van der Waals surface area contributed by atoms with Crippen molar-refractivity contribution in [2.24, 2.45) is 16.8 Å². The van der Waals surface area contributed by atoms with Gasteiger partial charge in [-0.3, -0.25) is 4.99 Å². The zero-order valence-corrected chi connectivity index (χ0v) is 18.2. The molecule has 1 atom stereocenters. The molecule has 0 radical (unpaired) electrons. The van der Waals surface area contributed by atoms with Gasteiger partial charge >= 0.3 is 0 Å². The van der Waals surface area contributed by atoms with Crippen LogP contribution in [0.2, 0.25) is 0 Å². The second-order valence-corrected chi connectivity index (χ2v) is 7.07. The van der Waals surface area contributed by atoms with Gasteiger partial charge in [-0.1, -0.05) is 27.2 Å². The molecule has 0 spiro atoms. The van der Waals surface area contributed by atoms with Crippen LogP contribution in [0, 0.1) is 11.8 Å². The van der Waals surface area contributed by atoms with Crippen molar-refractivity contribution >= 4 is 29.9 Å². The molecule has 1 fully saturated rings. The van der Waals surface area contributed by atoms with E-state index in [1.807, 2.05) is 0 Å². The fraction of sp³-hybridized carbons (Fsp3) is 0.944. The molecule has 0 amide bonds. The minimum atomic E-state index is -0.542. The van der Waals surface area contributed by atoms with E-state index in [2.05, 4.69) is 43.3 Å². The van der Waals surface area contributed by atoms with Gasteiger partial charge in [0, 0.05) is 19.2 Å². The van der Waals surface area contributed by atoms with Crippen LogP contribution in [-0.2, 0) is 4.74 Å². The van der Waals surface area contributed by atoms with Crippen molar-refractivity contribution in [2.45, 2.75) is 71.9 Å². The van der Waals surface area contributed by atoms with Crippen LogP contribution >= 0.6 is 24.0 Å². The highest BCUT2D eigenvalue weighted by atomic mass is 127. The lowest BCUT2D eigenvalue weighted by molar-refractivity contribution is 0.0301. The molecule has 0 aromatic rings. The Morgan fingerprint density at radius 2 is 1.83 bits per heavy atom. The molecule has 5 nitrogen and oxygen atoms in total. The summed E-state index contributed by atoms with van der Waals surface area (Å²) in [4.78, 5) is 4.51. The number of guanidine groups is 1. The minimum absolute atomic E-state index is 0. The highest BCUT2D eigenvalue weighted by molar-refractivity contribution is 14.0. The zero-order chi connectivity index (χ0) is 17.1. The van der Waals surface area contributed by atoms with Crippen molar-refractivity contribution in [1.29, 1.82) is 0 Å². The molecule has 1 aliphatic rings. The average molecular weight is 455 g/mol. The summed E-state index contributed by atoms with van der Waals surface area (Å²) in [6.07, 6.45) is 5.79. The maximum atomic E-state index is 9.96. The summed E-state index contributed by atoms with van der Waals surface area (Å²) in [7, 11) is 0. The molecule has 0 saturated heterocycles. The van der Waals surface area contributed by atoms with Gasteiger partial charge in [-0.05, 0) is 44.4 Å². The number of nitrogens with one attached hydrogen (secondary N) is 2. The number of hydrogen-bond donors (Lipinski definition) is 3. The van der Waals surface area contributed by atoms with Gasteiger partial charge in [-0.15, -0.1) is 24.0 Å². The molecular weight excluding hydrogens is 417 g/mol. The Kier molecular flexibility index (Phi) is 14.1. The summed E-state index contributed by atoms with van der Waals surface area (Å²) in [5, 5.41) is 16.8. The number of aliphatic hydroxyl groups excluding tert-OH is 1. The molecule has 0 aromatic carbocycles. The molecule has 24 heavy (non-hydrogen) atoms. The van der Waals surface area contributed by atoms with Gasteiger partial charge in [0.05, 0.1) is 19.3 Å². The Morgan fingerprint density at radius 3 is 2.38 bits per heavy atom. The number of aliphatic imine (C=N–C) groups is 1. The number of rotatable bonds is 9. The maximum Gasteiger partial charge on any atom is 0.191 e. The van der Waals surface area contributed by atoms with Crippen molar-refractivity contribution in [3.05, 3.63) is 0 Å². The monoisotopic (exact) mass is 455 g/mol. The summed E-state index contributed by atoms with van der Waals surface area (Å²) < 4.78 is 5.46. The van der Waals surface area contributed by atoms with E-state index >= 15 is 0 Å². The first kappa shape index (κ1) is 23.9. The molecule has 3 N–H and O–H groups in total. The van der Waals surface area contributed by atoms with Crippen molar-refractivity contribution in [3.63, 3.8) is 0 Å². The van der Waals surface area contributed by atoms with E-state index in [1.54, 1.807) is 0 Å². The van der Waals surface area contributed by atoms with Crippen LogP contribution in [0.4, 0.5) is 0 Å². The number of aliphatic hydroxyl groups is 1. The molecule has 1 rings (SSSR count). The number of halogens is 1. The standard InChI is InChI=1S/C18H37N3O2.HI/c1-5-15-7-9-16(10-8-15)21-18(19-6-2)20-11-17(22)13-23-12-14(3)4;/h14-17,22H,5-13H2,1-4H3,(H2,19,20,21);1H. The summed E-state index contributed by atoms with van der Waals surface area (Å²) in [6.45, 7) is 10.8. The fourth-order valence-electron chi connectivity index (χ4n) is 2.92. The van der Waals surface area contributed by atoms with Crippen molar-refractivity contribution in [2.75, 3.05) is 26.3 Å². The molecule has 1 saturated carbocycles. The van der Waals surface area contributed by atoms with E-state index in [0.717, 1.165) is 18.4 Å². The quantitative estimate of drug-likeness (QED) is 0.284. The third-order valence-electron chi connectivity index (χ3n) is 4.33. The van der Waals surface area contributed by atoms with Crippen LogP contribution in [0.25, 0.3) is 0 Å². The minimum Gasteiger partial charge on any atom is -0.389 e. The number of nitrogens with zero attached hydrogens (tertiary/aromatic N) is 1. The Bertz CT molecular complexity index is 332. The molecule has 1 unspecified atom stereocenters. The second kappa shape index (κ2) is 14.1. The summed E-state index contributed by atoms with van der Waals surface area (Å²) >= 11 is 0. The van der Waals surface area contributed by atoms with E-state index in [0.29, 0.717) is 31.7 Å². The number of hydrogen-bond acceptors (Lipinski definition) is 3. The van der Waals surface area contributed by atoms with Crippen LogP contribution in [0.15, 0.2) is 4.99 Å². The van der Waals surface area contributed by atoms with Gasteiger partial charge in [0.1, 0.15) is 0 Å². The largest absolute Gasteiger partial charge is 0.389 e. The third kappa shape index (κ3) is 10.7. The summed E-state index contributed by atoms with van der Waals surface area (Å²) in [6, 6.07) is 0.505. The first-order valence-electron chi connectivity index (χ1n) is 9.35. The predicted octanol–water partition coefficient (Wildman–Crippen LogP) is 3.16. The molecular formula is C18H38IN3O2. The van der Waals surface area contributed by atoms with E-state index in [-0.39, 0.29) is 24.0 Å². The number of ether oxygens (including phenoxy) is 1. The van der Waals surface area contributed by atoms with E-state index in [9.17, 15) is 5.11 Å². The third-order valence-corrected chi connectivity index (χ3v) is 4.33. The van der Waals surface area contributed by atoms with E-state index in [1.165, 1.54) is 32.1 Å². The van der Waals surface area contributed by atoms with Gasteiger partial charge in [0.25, 0.3) is 0 Å². The van der Waals surface area contributed by atoms with Crippen LogP contribution in [-0.4, -0.2) is 49.5 Å². The molecule has 0 aromatic heterocycles. The van der Waals surface area contributed by atoms with Gasteiger partial charge in [0.2, 0.25) is 0 Å². The summed E-state index contributed by atoms with van der Waals surface area (Å²) in [5.74, 6) is 2.20. The van der Waals surface area contributed by atoms with Crippen LogP contribution in [0.5, 0.6) is 0 Å². The highest BCUT2D eigenvalue weighted by Gasteiger charge is 2.20. The van der Waals surface area contributed by atoms with E-state index < -0.39 is 6.10 Å². The Hall–Kier alpha value is -0.0800. The Morgan fingerprint density at radius 1 is 1.17 bits per heavy atom. The first-order valence-corrected chi connectivity index (χ1v) is 9.35. The van der Waals surface area contributed by atoms with Gasteiger partial charge in [-0.25, -0.2) is 0 Å². The van der Waals surface area contributed by atoms with Crippen LogP contribution in [0.1, 0.15) is 59.8 Å². The van der Waals surface area contributed by atoms with Crippen LogP contribution in [0.3, 0.4) is 0 Å². The van der Waals surface area contributed by atoms with Gasteiger partial charge < -0.3 is 20.5 Å². The lowest BCUT2D eigenvalue weighted by Gasteiger charge is -2.29. The summed E-state index contributed by atoms with van der Waals surface area (Å²) in [5.41, 5.74) is 0. The van der Waals surface area contributed by atoms with Crippen molar-refractivity contribution in [1.82, 2.24) is 10.6 Å². The Balaban J connectivity index is 0.00000529. The molecule has 144 valence electrons. The predicted molar refractivity (Wildman–Crippen MR) is 112 cm³/mol. The zero-order valence-electron chi connectivity index (χ0n) is 15.9. The van der Waals surface area contributed by atoms with E-state index in [4.69, 9.17) is 4.74 Å². The van der Waals surface area contributed by atoms with Gasteiger partial charge in [0.15, 0.2) is 5.96 Å².